The second-order valence-corrected chi connectivity index (χ2v) is 6.20. The lowest BCUT2D eigenvalue weighted by Gasteiger charge is -2.21. The highest BCUT2D eigenvalue weighted by Gasteiger charge is 2.43. The normalized spacial score (nSPS) is 19.2. The highest BCUT2D eigenvalue weighted by Crippen LogP contribution is 2.36. The molecule has 0 amide bonds. The Morgan fingerprint density at radius 3 is 2.96 bits per heavy atom. The second-order valence-electron chi connectivity index (χ2n) is 6.20. The molecule has 25 heavy (non-hydrogen) atoms. The highest BCUT2D eigenvalue weighted by atomic mass is 19.3. The summed E-state index contributed by atoms with van der Waals surface area (Å²) < 4.78 is 34.8. The van der Waals surface area contributed by atoms with Crippen molar-refractivity contribution in [2.75, 3.05) is 12.4 Å². The standard InChI is InChI=1S/C18H18F2N4O/c1-25-12-7-9-24-14(11-21-17(24)10-12)13-4-2-6-16(22-13)23-15-5-3-8-18(15,19)20/h2,4,6-7,9-11,15H,3,5,8H2,1H3,(H,22,23). The maximum Gasteiger partial charge on any atom is 0.267 e. The second kappa shape index (κ2) is 5.98. The van der Waals surface area contributed by atoms with Gasteiger partial charge < -0.3 is 10.1 Å². The van der Waals surface area contributed by atoms with Crippen LogP contribution in [0.1, 0.15) is 19.3 Å². The number of alkyl halides is 2. The van der Waals surface area contributed by atoms with Gasteiger partial charge in [-0.15, -0.1) is 0 Å². The number of imidazole rings is 1. The van der Waals surface area contributed by atoms with Crippen LogP contribution in [0, 0.1) is 0 Å². The summed E-state index contributed by atoms with van der Waals surface area (Å²) >= 11 is 0. The van der Waals surface area contributed by atoms with Crippen molar-refractivity contribution in [3.63, 3.8) is 0 Å². The van der Waals surface area contributed by atoms with E-state index < -0.39 is 12.0 Å². The van der Waals surface area contributed by atoms with Crippen LogP contribution < -0.4 is 10.1 Å². The molecule has 1 N–H and O–H groups in total. The van der Waals surface area contributed by atoms with Crippen molar-refractivity contribution >= 4 is 11.5 Å². The van der Waals surface area contributed by atoms with Gasteiger partial charge in [-0.2, -0.15) is 0 Å². The third kappa shape index (κ3) is 2.90. The number of aromatic nitrogens is 3. The van der Waals surface area contributed by atoms with E-state index >= 15 is 0 Å². The number of ether oxygens (including phenoxy) is 1. The molecular weight excluding hydrogens is 326 g/mol. The lowest BCUT2D eigenvalue weighted by Crippen LogP contribution is -2.34. The van der Waals surface area contributed by atoms with Crippen molar-refractivity contribution in [1.29, 1.82) is 0 Å². The number of pyridine rings is 2. The predicted octanol–water partition coefficient (Wildman–Crippen LogP) is 4.00. The molecular formula is C18H18F2N4O. The Morgan fingerprint density at radius 1 is 1.32 bits per heavy atom. The highest BCUT2D eigenvalue weighted by molar-refractivity contribution is 5.62. The molecule has 1 aliphatic rings. The van der Waals surface area contributed by atoms with Crippen LogP contribution in [0.15, 0.2) is 42.7 Å². The smallest absolute Gasteiger partial charge is 0.267 e. The lowest BCUT2D eigenvalue weighted by atomic mass is 10.2. The van der Waals surface area contributed by atoms with E-state index in [1.807, 2.05) is 28.8 Å². The summed E-state index contributed by atoms with van der Waals surface area (Å²) in [6.07, 6.45) is 4.47. The van der Waals surface area contributed by atoms with Gasteiger partial charge in [-0.3, -0.25) is 4.40 Å². The summed E-state index contributed by atoms with van der Waals surface area (Å²) in [5, 5.41) is 2.89. The Balaban J connectivity index is 1.65. The maximum atomic E-state index is 13.8. The number of halogens is 2. The van der Waals surface area contributed by atoms with Crippen LogP contribution in [-0.2, 0) is 0 Å². The number of hydrogen-bond donors (Lipinski definition) is 1. The van der Waals surface area contributed by atoms with Crippen LogP contribution in [0.4, 0.5) is 14.6 Å². The minimum Gasteiger partial charge on any atom is -0.497 e. The fraction of sp³-hybridized carbons (Fsp3) is 0.333. The van der Waals surface area contributed by atoms with Crippen LogP contribution in [0.2, 0.25) is 0 Å². The first-order valence-electron chi connectivity index (χ1n) is 8.20. The Kier molecular flexibility index (Phi) is 3.78. The molecule has 0 radical (unpaired) electrons. The number of rotatable bonds is 4. The third-order valence-electron chi connectivity index (χ3n) is 4.57. The van der Waals surface area contributed by atoms with Gasteiger partial charge in [0, 0.05) is 18.7 Å². The summed E-state index contributed by atoms with van der Waals surface area (Å²) in [5.41, 5.74) is 2.19. The van der Waals surface area contributed by atoms with Gasteiger partial charge in [0.25, 0.3) is 5.92 Å². The molecule has 130 valence electrons. The van der Waals surface area contributed by atoms with E-state index in [9.17, 15) is 8.78 Å². The zero-order valence-corrected chi connectivity index (χ0v) is 13.7. The SMILES string of the molecule is COc1ccn2c(-c3cccc(NC4CCCC4(F)F)n3)cnc2c1. The first-order chi connectivity index (χ1) is 12.1. The van der Waals surface area contributed by atoms with E-state index in [1.54, 1.807) is 25.4 Å². The van der Waals surface area contributed by atoms with Crippen molar-refractivity contribution < 1.29 is 13.5 Å². The van der Waals surface area contributed by atoms with Crippen molar-refractivity contribution in [2.45, 2.75) is 31.2 Å². The Bertz CT molecular complexity index is 909. The molecule has 3 aromatic rings. The van der Waals surface area contributed by atoms with Crippen LogP contribution in [0.25, 0.3) is 17.0 Å². The third-order valence-corrected chi connectivity index (χ3v) is 4.57. The van der Waals surface area contributed by atoms with Gasteiger partial charge in [-0.25, -0.2) is 18.7 Å². The van der Waals surface area contributed by atoms with Gasteiger partial charge in [0.15, 0.2) is 0 Å². The monoisotopic (exact) mass is 344 g/mol. The quantitative estimate of drug-likeness (QED) is 0.777. The Labute approximate surface area is 143 Å². The summed E-state index contributed by atoms with van der Waals surface area (Å²) in [4.78, 5) is 8.86. The van der Waals surface area contributed by atoms with Gasteiger partial charge in [-0.1, -0.05) is 6.07 Å². The largest absolute Gasteiger partial charge is 0.497 e. The predicted molar refractivity (Wildman–Crippen MR) is 91.2 cm³/mol. The van der Waals surface area contributed by atoms with E-state index in [4.69, 9.17) is 4.74 Å². The Morgan fingerprint density at radius 2 is 2.20 bits per heavy atom. The average molecular weight is 344 g/mol. The number of methoxy groups -OCH3 is 1. The zero-order valence-electron chi connectivity index (χ0n) is 13.7. The molecule has 4 rings (SSSR count). The number of hydrogen-bond acceptors (Lipinski definition) is 4. The molecule has 7 heteroatoms. The molecule has 0 spiro atoms. The lowest BCUT2D eigenvalue weighted by molar-refractivity contribution is -0.000685. The molecule has 1 unspecified atom stereocenters. The minimum absolute atomic E-state index is 0.0700. The molecule has 3 aromatic heterocycles. The molecule has 0 bridgehead atoms. The summed E-state index contributed by atoms with van der Waals surface area (Å²) in [5.74, 6) is -1.51. The van der Waals surface area contributed by atoms with Gasteiger partial charge in [0.05, 0.1) is 30.7 Å². The molecule has 1 fully saturated rings. The number of fused-ring (bicyclic) bond motifs is 1. The molecule has 0 saturated heterocycles. The van der Waals surface area contributed by atoms with Gasteiger partial charge in [-0.05, 0) is 31.0 Å². The van der Waals surface area contributed by atoms with Gasteiger partial charge in [0.2, 0.25) is 0 Å². The van der Waals surface area contributed by atoms with Crippen molar-refractivity contribution in [2.24, 2.45) is 0 Å². The van der Waals surface area contributed by atoms with Gasteiger partial charge in [0.1, 0.15) is 17.2 Å². The molecule has 0 aromatic carbocycles. The molecule has 1 saturated carbocycles. The van der Waals surface area contributed by atoms with Crippen LogP contribution in [0.3, 0.4) is 0 Å². The van der Waals surface area contributed by atoms with E-state index in [1.165, 1.54) is 0 Å². The van der Waals surface area contributed by atoms with Crippen molar-refractivity contribution in [3.05, 3.63) is 42.7 Å². The van der Waals surface area contributed by atoms with E-state index in [2.05, 4.69) is 15.3 Å². The fourth-order valence-corrected chi connectivity index (χ4v) is 3.22. The Hall–Kier alpha value is -2.70. The van der Waals surface area contributed by atoms with Gasteiger partial charge >= 0.3 is 0 Å². The topological polar surface area (TPSA) is 51.5 Å². The molecule has 1 atom stereocenters. The first-order valence-corrected chi connectivity index (χ1v) is 8.20. The van der Waals surface area contributed by atoms with Crippen LogP contribution >= 0.6 is 0 Å². The van der Waals surface area contributed by atoms with E-state index in [0.717, 1.165) is 17.1 Å². The fourth-order valence-electron chi connectivity index (χ4n) is 3.22. The number of anilines is 1. The molecule has 3 heterocycles. The number of nitrogens with one attached hydrogen (secondary N) is 1. The van der Waals surface area contributed by atoms with Crippen molar-refractivity contribution in [3.8, 4) is 17.1 Å². The van der Waals surface area contributed by atoms with Crippen LogP contribution in [0.5, 0.6) is 5.75 Å². The molecule has 5 nitrogen and oxygen atoms in total. The van der Waals surface area contributed by atoms with E-state index in [-0.39, 0.29) is 6.42 Å². The number of nitrogens with zero attached hydrogens (tertiary/aromatic N) is 3. The van der Waals surface area contributed by atoms with E-state index in [0.29, 0.717) is 24.4 Å². The minimum atomic E-state index is -2.68. The first kappa shape index (κ1) is 15.8. The summed E-state index contributed by atoms with van der Waals surface area (Å²) in [6.45, 7) is 0. The summed E-state index contributed by atoms with van der Waals surface area (Å²) in [6, 6.07) is 8.15. The summed E-state index contributed by atoms with van der Waals surface area (Å²) in [7, 11) is 1.60. The van der Waals surface area contributed by atoms with Crippen molar-refractivity contribution in [1.82, 2.24) is 14.4 Å². The average Bonchev–Trinajstić information content (AvgIpc) is 3.17. The van der Waals surface area contributed by atoms with Crippen LogP contribution in [-0.4, -0.2) is 33.4 Å². The zero-order chi connectivity index (χ0) is 17.4. The molecule has 0 aliphatic heterocycles. The molecule has 1 aliphatic carbocycles. The maximum absolute atomic E-state index is 13.8.